The first-order valence-corrected chi connectivity index (χ1v) is 8.03. The second kappa shape index (κ2) is 7.62. The van der Waals surface area contributed by atoms with E-state index in [1.807, 2.05) is 7.11 Å². The van der Waals surface area contributed by atoms with Crippen LogP contribution in [0.1, 0.15) is 32.1 Å². The molecule has 0 aromatic heterocycles. The van der Waals surface area contributed by atoms with Crippen molar-refractivity contribution in [3.8, 4) is 0 Å². The van der Waals surface area contributed by atoms with E-state index in [0.29, 0.717) is 12.1 Å². The number of ether oxygens (including phenoxy) is 1. The molecule has 2 aliphatic rings. The Balaban J connectivity index is 1.53. The van der Waals surface area contributed by atoms with E-state index in [0.717, 1.165) is 11.8 Å². The van der Waals surface area contributed by atoms with Crippen molar-refractivity contribution in [2.75, 3.05) is 32.5 Å². The van der Waals surface area contributed by atoms with Crippen LogP contribution in [0.4, 0.5) is 0 Å². The standard InChI is InChI=1S/C13H26N2OS/c1-16-13-4-2-3-12(13)15-9-10-17-11-5-7-14-8-6-11/h11-15H,2-10H2,1H3. The molecule has 0 aromatic rings. The van der Waals surface area contributed by atoms with E-state index < -0.39 is 0 Å². The van der Waals surface area contributed by atoms with Gasteiger partial charge in [0.1, 0.15) is 0 Å². The van der Waals surface area contributed by atoms with Crippen molar-refractivity contribution in [1.29, 1.82) is 0 Å². The third-order valence-electron chi connectivity index (χ3n) is 3.90. The van der Waals surface area contributed by atoms with Gasteiger partial charge in [0.25, 0.3) is 0 Å². The van der Waals surface area contributed by atoms with Crippen LogP contribution < -0.4 is 10.6 Å². The summed E-state index contributed by atoms with van der Waals surface area (Å²) < 4.78 is 5.49. The summed E-state index contributed by atoms with van der Waals surface area (Å²) in [6.45, 7) is 3.55. The molecule has 0 amide bonds. The Morgan fingerprint density at radius 3 is 2.82 bits per heavy atom. The first-order valence-electron chi connectivity index (χ1n) is 6.98. The highest BCUT2D eigenvalue weighted by molar-refractivity contribution is 7.99. The molecule has 0 aromatic carbocycles. The van der Waals surface area contributed by atoms with E-state index >= 15 is 0 Å². The Kier molecular flexibility index (Phi) is 6.12. The maximum absolute atomic E-state index is 5.49. The molecule has 1 saturated heterocycles. The second-order valence-electron chi connectivity index (χ2n) is 5.09. The molecule has 2 atom stereocenters. The first-order chi connectivity index (χ1) is 8.40. The topological polar surface area (TPSA) is 33.3 Å². The van der Waals surface area contributed by atoms with E-state index in [1.165, 1.54) is 50.9 Å². The number of piperidine rings is 1. The number of hydrogen-bond acceptors (Lipinski definition) is 4. The molecule has 2 unspecified atom stereocenters. The van der Waals surface area contributed by atoms with Crippen LogP contribution in [0, 0.1) is 0 Å². The number of nitrogens with one attached hydrogen (secondary N) is 2. The fraction of sp³-hybridized carbons (Fsp3) is 1.00. The van der Waals surface area contributed by atoms with Crippen molar-refractivity contribution >= 4 is 11.8 Å². The van der Waals surface area contributed by atoms with Crippen LogP contribution in [0.15, 0.2) is 0 Å². The lowest BCUT2D eigenvalue weighted by Gasteiger charge is -2.23. The predicted molar refractivity (Wildman–Crippen MR) is 74.8 cm³/mol. The largest absolute Gasteiger partial charge is 0.380 e. The minimum Gasteiger partial charge on any atom is -0.380 e. The van der Waals surface area contributed by atoms with Crippen LogP contribution in [-0.4, -0.2) is 49.9 Å². The minimum absolute atomic E-state index is 0.457. The molecule has 2 N–H and O–H groups in total. The molecule has 0 bridgehead atoms. The average Bonchev–Trinajstić information content (AvgIpc) is 2.83. The lowest BCUT2D eigenvalue weighted by atomic mass is 10.2. The van der Waals surface area contributed by atoms with Crippen LogP contribution in [0.5, 0.6) is 0 Å². The Morgan fingerprint density at radius 1 is 1.24 bits per heavy atom. The summed E-state index contributed by atoms with van der Waals surface area (Å²) in [5.41, 5.74) is 0. The molecule has 3 nitrogen and oxygen atoms in total. The average molecular weight is 258 g/mol. The van der Waals surface area contributed by atoms with Gasteiger partial charge in [0.2, 0.25) is 0 Å². The second-order valence-corrected chi connectivity index (χ2v) is 6.49. The molecule has 17 heavy (non-hydrogen) atoms. The number of methoxy groups -OCH3 is 1. The van der Waals surface area contributed by atoms with Crippen molar-refractivity contribution < 1.29 is 4.74 Å². The lowest BCUT2D eigenvalue weighted by molar-refractivity contribution is 0.0859. The van der Waals surface area contributed by atoms with Gasteiger partial charge in [0, 0.05) is 30.7 Å². The van der Waals surface area contributed by atoms with Gasteiger partial charge < -0.3 is 15.4 Å². The van der Waals surface area contributed by atoms with Gasteiger partial charge in [0.15, 0.2) is 0 Å². The van der Waals surface area contributed by atoms with Crippen molar-refractivity contribution in [1.82, 2.24) is 10.6 Å². The van der Waals surface area contributed by atoms with Gasteiger partial charge in [-0.3, -0.25) is 0 Å². The molecule has 0 spiro atoms. The van der Waals surface area contributed by atoms with Crippen molar-refractivity contribution in [3.05, 3.63) is 0 Å². The fourth-order valence-corrected chi connectivity index (χ4v) is 4.01. The lowest BCUT2D eigenvalue weighted by Crippen LogP contribution is -2.38. The van der Waals surface area contributed by atoms with Crippen LogP contribution in [-0.2, 0) is 4.74 Å². The highest BCUT2D eigenvalue weighted by Crippen LogP contribution is 2.22. The van der Waals surface area contributed by atoms with E-state index in [-0.39, 0.29) is 0 Å². The summed E-state index contributed by atoms with van der Waals surface area (Å²) in [6.07, 6.45) is 6.98. The van der Waals surface area contributed by atoms with Crippen LogP contribution >= 0.6 is 11.8 Å². The Morgan fingerprint density at radius 2 is 2.06 bits per heavy atom. The zero-order valence-corrected chi connectivity index (χ0v) is 11.7. The van der Waals surface area contributed by atoms with Gasteiger partial charge in [-0.05, 0) is 45.2 Å². The molecule has 1 aliphatic heterocycles. The third kappa shape index (κ3) is 4.43. The molecule has 1 saturated carbocycles. The molecular formula is C13H26N2OS. The van der Waals surface area contributed by atoms with Crippen molar-refractivity contribution in [2.45, 2.75) is 49.5 Å². The molecule has 0 radical (unpaired) electrons. The molecule has 2 fully saturated rings. The van der Waals surface area contributed by atoms with E-state index in [4.69, 9.17) is 4.74 Å². The number of hydrogen-bond donors (Lipinski definition) is 2. The van der Waals surface area contributed by atoms with Gasteiger partial charge in [-0.1, -0.05) is 0 Å². The molecule has 2 rings (SSSR count). The summed E-state index contributed by atoms with van der Waals surface area (Å²) in [5.74, 6) is 1.25. The molecular weight excluding hydrogens is 232 g/mol. The Labute approximate surface area is 109 Å². The first kappa shape index (κ1) is 13.7. The van der Waals surface area contributed by atoms with Crippen LogP contribution in [0.3, 0.4) is 0 Å². The third-order valence-corrected chi connectivity index (χ3v) is 5.29. The number of thioether (sulfide) groups is 1. The van der Waals surface area contributed by atoms with E-state index in [9.17, 15) is 0 Å². The zero-order valence-electron chi connectivity index (χ0n) is 10.9. The monoisotopic (exact) mass is 258 g/mol. The maximum Gasteiger partial charge on any atom is 0.0724 e. The normalized spacial score (nSPS) is 30.9. The maximum atomic E-state index is 5.49. The predicted octanol–water partition coefficient (Wildman–Crippen LogP) is 1.63. The summed E-state index contributed by atoms with van der Waals surface area (Å²) >= 11 is 2.15. The summed E-state index contributed by atoms with van der Waals surface area (Å²) in [7, 11) is 1.84. The molecule has 4 heteroatoms. The minimum atomic E-state index is 0.457. The number of rotatable bonds is 6. The molecule has 100 valence electrons. The van der Waals surface area contributed by atoms with Crippen molar-refractivity contribution in [2.24, 2.45) is 0 Å². The molecule has 1 heterocycles. The fourth-order valence-electron chi connectivity index (χ4n) is 2.87. The highest BCUT2D eigenvalue weighted by atomic mass is 32.2. The summed E-state index contributed by atoms with van der Waals surface area (Å²) in [5, 5.41) is 7.97. The SMILES string of the molecule is COC1CCCC1NCCSC1CCNCC1. The Bertz CT molecular complexity index is 210. The van der Waals surface area contributed by atoms with Gasteiger partial charge in [0.05, 0.1) is 6.10 Å². The van der Waals surface area contributed by atoms with Crippen molar-refractivity contribution in [3.63, 3.8) is 0 Å². The van der Waals surface area contributed by atoms with Gasteiger partial charge in [-0.25, -0.2) is 0 Å². The van der Waals surface area contributed by atoms with Gasteiger partial charge in [-0.2, -0.15) is 11.8 Å². The van der Waals surface area contributed by atoms with Gasteiger partial charge >= 0.3 is 0 Å². The summed E-state index contributed by atoms with van der Waals surface area (Å²) in [4.78, 5) is 0. The quantitative estimate of drug-likeness (QED) is 0.710. The highest BCUT2D eigenvalue weighted by Gasteiger charge is 2.26. The Hall–Kier alpha value is 0.230. The van der Waals surface area contributed by atoms with Crippen LogP contribution in [0.25, 0.3) is 0 Å². The van der Waals surface area contributed by atoms with E-state index in [2.05, 4.69) is 22.4 Å². The molecule has 1 aliphatic carbocycles. The summed E-state index contributed by atoms with van der Waals surface area (Å²) in [6, 6.07) is 0.605. The van der Waals surface area contributed by atoms with E-state index in [1.54, 1.807) is 0 Å². The zero-order chi connectivity index (χ0) is 11.9. The van der Waals surface area contributed by atoms with Gasteiger partial charge in [-0.15, -0.1) is 0 Å². The van der Waals surface area contributed by atoms with Crippen LogP contribution in [0.2, 0.25) is 0 Å². The smallest absolute Gasteiger partial charge is 0.0724 e.